The second-order valence-corrected chi connectivity index (χ2v) is 7.55. The number of amides is 1. The number of aliphatic hydroxyl groups is 1. The molecule has 168 valence electrons. The maximum absolute atomic E-state index is 12.3. The van der Waals surface area contributed by atoms with Gasteiger partial charge in [-0.3, -0.25) is 9.69 Å². The molecule has 1 heterocycles. The third-order valence-electron chi connectivity index (χ3n) is 5.08. The molecule has 1 saturated heterocycles. The zero-order valence-electron chi connectivity index (χ0n) is 16.6. The van der Waals surface area contributed by atoms with Crippen LogP contribution in [0, 0.1) is 0 Å². The van der Waals surface area contributed by atoms with Crippen LogP contribution in [0.5, 0.6) is 5.75 Å². The van der Waals surface area contributed by atoms with Gasteiger partial charge in [0.05, 0.1) is 12.6 Å². The van der Waals surface area contributed by atoms with E-state index in [9.17, 15) is 23.1 Å². The normalized spacial score (nSPS) is 16.1. The van der Waals surface area contributed by atoms with Gasteiger partial charge in [0.2, 0.25) is 0 Å². The lowest BCUT2D eigenvalue weighted by molar-refractivity contribution is -0.274. The zero-order chi connectivity index (χ0) is 22.4. The number of carbonyl (C=O) groups is 1. The molecule has 0 spiro atoms. The van der Waals surface area contributed by atoms with Crippen LogP contribution in [0.15, 0.2) is 48.5 Å². The van der Waals surface area contributed by atoms with Crippen LogP contribution in [0.2, 0.25) is 5.02 Å². The van der Waals surface area contributed by atoms with Gasteiger partial charge in [-0.05, 0) is 48.5 Å². The largest absolute Gasteiger partial charge is 0.573 e. The van der Waals surface area contributed by atoms with Crippen molar-refractivity contribution in [3.63, 3.8) is 0 Å². The van der Waals surface area contributed by atoms with Crippen LogP contribution in [0.1, 0.15) is 10.4 Å². The third-order valence-corrected chi connectivity index (χ3v) is 5.33. The summed E-state index contributed by atoms with van der Waals surface area (Å²) in [6.45, 7) is 2.75. The van der Waals surface area contributed by atoms with Crippen molar-refractivity contribution in [2.24, 2.45) is 0 Å². The number of alkyl halides is 3. The maximum Gasteiger partial charge on any atom is 0.573 e. The van der Waals surface area contributed by atoms with E-state index in [4.69, 9.17) is 11.6 Å². The van der Waals surface area contributed by atoms with Crippen LogP contribution in [-0.2, 0) is 0 Å². The Morgan fingerprint density at radius 3 is 2.23 bits per heavy atom. The molecule has 2 aromatic rings. The van der Waals surface area contributed by atoms with Crippen molar-refractivity contribution in [1.29, 1.82) is 0 Å². The van der Waals surface area contributed by atoms with Crippen LogP contribution in [0.25, 0.3) is 0 Å². The summed E-state index contributed by atoms with van der Waals surface area (Å²) < 4.78 is 40.7. The molecule has 3 rings (SSSR count). The van der Waals surface area contributed by atoms with Crippen molar-refractivity contribution >= 4 is 23.2 Å². The molecule has 6 nitrogen and oxygen atoms in total. The Kier molecular flexibility index (Phi) is 7.64. The molecule has 1 fully saturated rings. The van der Waals surface area contributed by atoms with Gasteiger partial charge in [-0.2, -0.15) is 0 Å². The Bertz CT molecular complexity index is 855. The molecule has 1 aliphatic heterocycles. The average molecular weight is 458 g/mol. The van der Waals surface area contributed by atoms with Crippen LogP contribution < -0.4 is 15.0 Å². The Balaban J connectivity index is 1.49. The fourth-order valence-corrected chi connectivity index (χ4v) is 3.55. The second-order valence-electron chi connectivity index (χ2n) is 7.12. The van der Waals surface area contributed by atoms with Crippen molar-refractivity contribution in [2.75, 3.05) is 44.2 Å². The highest BCUT2D eigenvalue weighted by Crippen LogP contribution is 2.26. The summed E-state index contributed by atoms with van der Waals surface area (Å²) in [4.78, 5) is 16.4. The minimum absolute atomic E-state index is 0.107. The number of carbonyl (C=O) groups excluding carboxylic acids is 1. The number of nitrogens with one attached hydrogen (secondary N) is 1. The number of piperazine rings is 1. The minimum Gasteiger partial charge on any atom is -0.406 e. The fraction of sp³-hybridized carbons (Fsp3) is 0.381. The van der Waals surface area contributed by atoms with Gasteiger partial charge >= 0.3 is 6.36 Å². The number of hydrogen-bond acceptors (Lipinski definition) is 5. The van der Waals surface area contributed by atoms with Crippen LogP contribution >= 0.6 is 11.6 Å². The lowest BCUT2D eigenvalue weighted by Crippen LogP contribution is -2.54. The first-order valence-electron chi connectivity index (χ1n) is 9.74. The van der Waals surface area contributed by atoms with E-state index in [1.165, 1.54) is 12.1 Å². The third kappa shape index (κ3) is 6.75. The van der Waals surface area contributed by atoms with E-state index >= 15 is 0 Å². The number of anilines is 1. The SMILES string of the molecule is O=C(NCC(CO)N1CCN(c2ccc(OC(F)(F)F)cc2)CC1)c1ccc(Cl)cc1. The molecule has 0 aromatic heterocycles. The van der Waals surface area contributed by atoms with Crippen LogP contribution in [0.4, 0.5) is 18.9 Å². The Morgan fingerprint density at radius 1 is 1.06 bits per heavy atom. The van der Waals surface area contributed by atoms with Crippen LogP contribution in [0.3, 0.4) is 0 Å². The van der Waals surface area contributed by atoms with E-state index in [2.05, 4.69) is 19.9 Å². The smallest absolute Gasteiger partial charge is 0.406 e. The van der Waals surface area contributed by atoms with Gasteiger partial charge in [0.1, 0.15) is 5.75 Å². The quantitative estimate of drug-likeness (QED) is 0.668. The second kappa shape index (κ2) is 10.2. The number of hydrogen-bond donors (Lipinski definition) is 2. The molecule has 1 amide bonds. The predicted octanol–water partition coefficient (Wildman–Crippen LogP) is 3.15. The van der Waals surface area contributed by atoms with Gasteiger partial charge in [0.15, 0.2) is 0 Å². The molecular formula is C21H23ClF3N3O3. The molecule has 1 unspecified atom stereocenters. The van der Waals surface area contributed by atoms with Gasteiger partial charge in [0.25, 0.3) is 5.91 Å². The molecule has 31 heavy (non-hydrogen) atoms. The first kappa shape index (κ1) is 23.2. The summed E-state index contributed by atoms with van der Waals surface area (Å²) in [5, 5.41) is 13.2. The Morgan fingerprint density at radius 2 is 1.68 bits per heavy atom. The van der Waals surface area contributed by atoms with E-state index in [1.807, 2.05) is 0 Å². The van der Waals surface area contributed by atoms with Crippen molar-refractivity contribution in [2.45, 2.75) is 12.4 Å². The number of rotatable bonds is 7. The molecule has 0 saturated carbocycles. The Hall–Kier alpha value is -2.49. The first-order valence-corrected chi connectivity index (χ1v) is 10.1. The molecular weight excluding hydrogens is 435 g/mol. The Labute approximate surface area is 183 Å². The van der Waals surface area contributed by atoms with Crippen molar-refractivity contribution in [1.82, 2.24) is 10.2 Å². The topological polar surface area (TPSA) is 65.0 Å². The molecule has 1 atom stereocenters. The molecule has 2 aromatic carbocycles. The highest BCUT2D eigenvalue weighted by molar-refractivity contribution is 6.30. The summed E-state index contributed by atoms with van der Waals surface area (Å²) in [5.41, 5.74) is 1.29. The summed E-state index contributed by atoms with van der Waals surface area (Å²) in [6.07, 6.45) is -4.71. The molecule has 0 aliphatic carbocycles. The summed E-state index contributed by atoms with van der Waals surface area (Å²) in [6, 6.07) is 12.1. The maximum atomic E-state index is 12.3. The van der Waals surface area contributed by atoms with Crippen molar-refractivity contribution < 1.29 is 27.8 Å². The summed E-state index contributed by atoms with van der Waals surface area (Å²) >= 11 is 5.83. The number of nitrogens with zero attached hydrogens (tertiary/aromatic N) is 2. The van der Waals surface area contributed by atoms with Gasteiger partial charge in [-0.1, -0.05) is 11.6 Å². The van der Waals surface area contributed by atoms with Gasteiger partial charge < -0.3 is 20.1 Å². The van der Waals surface area contributed by atoms with E-state index in [0.29, 0.717) is 43.3 Å². The summed E-state index contributed by atoms with van der Waals surface area (Å²) in [5.74, 6) is -0.499. The lowest BCUT2D eigenvalue weighted by atomic mass is 10.1. The first-order chi connectivity index (χ1) is 14.7. The number of aliphatic hydroxyl groups excluding tert-OH is 1. The van der Waals surface area contributed by atoms with Gasteiger partial charge in [-0.25, -0.2) is 0 Å². The predicted molar refractivity (Wildman–Crippen MR) is 112 cm³/mol. The van der Waals surface area contributed by atoms with E-state index < -0.39 is 6.36 Å². The molecule has 0 bridgehead atoms. The molecule has 2 N–H and O–H groups in total. The zero-order valence-corrected chi connectivity index (χ0v) is 17.4. The highest BCUT2D eigenvalue weighted by atomic mass is 35.5. The van der Waals surface area contributed by atoms with Crippen molar-refractivity contribution in [3.05, 3.63) is 59.1 Å². The van der Waals surface area contributed by atoms with E-state index in [1.54, 1.807) is 36.4 Å². The van der Waals surface area contributed by atoms with Gasteiger partial charge in [-0.15, -0.1) is 13.2 Å². The number of halogens is 4. The number of ether oxygens (including phenoxy) is 1. The standard InChI is InChI=1S/C21H23ClF3N3O3/c22-16-3-1-15(2-4-16)20(30)26-13-18(14-29)28-11-9-27(10-12-28)17-5-7-19(8-6-17)31-21(23,24)25/h1-8,18,29H,9-14H2,(H,26,30). The molecule has 0 radical (unpaired) electrons. The summed E-state index contributed by atoms with van der Waals surface area (Å²) in [7, 11) is 0. The van der Waals surface area contributed by atoms with Gasteiger partial charge in [0, 0.05) is 49.0 Å². The lowest BCUT2D eigenvalue weighted by Gasteiger charge is -2.39. The monoisotopic (exact) mass is 457 g/mol. The average Bonchev–Trinajstić information content (AvgIpc) is 2.74. The van der Waals surface area contributed by atoms with Crippen molar-refractivity contribution in [3.8, 4) is 5.75 Å². The van der Waals surface area contributed by atoms with E-state index in [0.717, 1.165) is 5.69 Å². The minimum atomic E-state index is -4.71. The molecule has 10 heteroatoms. The van der Waals surface area contributed by atoms with Crippen LogP contribution in [-0.4, -0.2) is 67.6 Å². The highest BCUT2D eigenvalue weighted by Gasteiger charge is 2.31. The number of benzene rings is 2. The van der Waals surface area contributed by atoms with E-state index in [-0.39, 0.29) is 24.3 Å². The molecule has 1 aliphatic rings. The fourth-order valence-electron chi connectivity index (χ4n) is 3.43.